The number of amides is 1. The van der Waals surface area contributed by atoms with Crippen LogP contribution in [0.15, 0.2) is 35.2 Å². The van der Waals surface area contributed by atoms with Crippen LogP contribution in [0.2, 0.25) is 8.67 Å². The summed E-state index contributed by atoms with van der Waals surface area (Å²) in [5.74, 6) is -0.406. The second-order valence-electron chi connectivity index (χ2n) is 5.54. The Morgan fingerprint density at radius 3 is 2.58 bits per heavy atom. The van der Waals surface area contributed by atoms with Gasteiger partial charge in [-0.15, -0.1) is 11.3 Å². The van der Waals surface area contributed by atoms with E-state index in [0.29, 0.717) is 40.5 Å². The molecule has 1 aromatic heterocycles. The van der Waals surface area contributed by atoms with Crippen molar-refractivity contribution in [3.8, 4) is 0 Å². The predicted molar refractivity (Wildman–Crippen MR) is 102 cm³/mol. The number of nitrogens with zero attached hydrogens (tertiary/aromatic N) is 1. The van der Waals surface area contributed by atoms with E-state index >= 15 is 0 Å². The number of hydrogen-bond donors (Lipinski definition) is 1. The van der Waals surface area contributed by atoms with Crippen molar-refractivity contribution in [2.75, 3.05) is 26.3 Å². The normalized spacial score (nSPS) is 15.8. The Balaban J connectivity index is 1.79. The van der Waals surface area contributed by atoms with Crippen molar-refractivity contribution in [1.29, 1.82) is 0 Å². The van der Waals surface area contributed by atoms with Crippen molar-refractivity contribution in [2.45, 2.75) is 11.4 Å². The van der Waals surface area contributed by atoms with Gasteiger partial charge in [0.2, 0.25) is 10.0 Å². The van der Waals surface area contributed by atoms with E-state index in [0.717, 1.165) is 11.3 Å². The van der Waals surface area contributed by atoms with Gasteiger partial charge in [-0.25, -0.2) is 8.42 Å². The molecule has 3 rings (SSSR count). The highest BCUT2D eigenvalue weighted by Gasteiger charge is 2.28. The summed E-state index contributed by atoms with van der Waals surface area (Å²) in [5, 5.41) is 2.70. The second kappa shape index (κ2) is 8.24. The molecule has 1 aliphatic rings. The molecule has 0 radical (unpaired) electrons. The van der Waals surface area contributed by atoms with Crippen LogP contribution >= 0.6 is 34.5 Å². The fraction of sp³-hybridized carbons (Fsp3) is 0.312. The molecule has 26 heavy (non-hydrogen) atoms. The van der Waals surface area contributed by atoms with Crippen molar-refractivity contribution < 1.29 is 17.9 Å². The number of thiophene rings is 1. The Labute approximate surface area is 165 Å². The maximum absolute atomic E-state index is 12.9. The molecular weight excluding hydrogens is 419 g/mol. The zero-order valence-corrected chi connectivity index (χ0v) is 16.7. The van der Waals surface area contributed by atoms with Crippen molar-refractivity contribution in [3.05, 3.63) is 50.1 Å². The Bertz CT molecular complexity index is 909. The predicted octanol–water partition coefficient (Wildman–Crippen LogP) is 3.01. The first kappa shape index (κ1) is 19.6. The van der Waals surface area contributed by atoms with Crippen LogP contribution in [-0.2, 0) is 21.3 Å². The fourth-order valence-electron chi connectivity index (χ4n) is 2.59. The molecule has 1 aliphatic heterocycles. The number of morpholine rings is 1. The Morgan fingerprint density at radius 1 is 1.23 bits per heavy atom. The van der Waals surface area contributed by atoms with Crippen molar-refractivity contribution in [3.63, 3.8) is 0 Å². The molecule has 2 aromatic rings. The molecule has 10 heteroatoms. The molecule has 6 nitrogen and oxygen atoms in total. The maximum Gasteiger partial charge on any atom is 0.253 e. The summed E-state index contributed by atoms with van der Waals surface area (Å²) in [6.07, 6.45) is 0. The molecule has 0 aliphatic carbocycles. The standard InChI is InChI=1S/C16H16Cl2N2O4S2/c17-14-9-12(15(18)25-14)16(21)19-10-11-3-1-2-4-13(11)26(22,23)20-5-7-24-8-6-20/h1-4,9H,5-8,10H2,(H,19,21). The van der Waals surface area contributed by atoms with Crippen LogP contribution in [0.1, 0.15) is 15.9 Å². The number of nitrogens with one attached hydrogen (secondary N) is 1. The van der Waals surface area contributed by atoms with E-state index in [1.54, 1.807) is 24.3 Å². The van der Waals surface area contributed by atoms with Crippen LogP contribution in [0, 0.1) is 0 Å². The maximum atomic E-state index is 12.9. The van der Waals surface area contributed by atoms with Gasteiger partial charge in [-0.2, -0.15) is 4.31 Å². The van der Waals surface area contributed by atoms with E-state index in [1.165, 1.54) is 10.4 Å². The number of carbonyl (C=O) groups is 1. The van der Waals surface area contributed by atoms with E-state index in [9.17, 15) is 13.2 Å². The van der Waals surface area contributed by atoms with Gasteiger partial charge in [0, 0.05) is 19.6 Å². The number of benzene rings is 1. The quantitative estimate of drug-likeness (QED) is 0.784. The Hall–Kier alpha value is -1.16. The Kier molecular flexibility index (Phi) is 6.21. The van der Waals surface area contributed by atoms with E-state index in [-0.39, 0.29) is 17.0 Å². The summed E-state index contributed by atoms with van der Waals surface area (Å²) in [6.45, 7) is 1.42. The number of sulfonamides is 1. The highest BCUT2D eigenvalue weighted by molar-refractivity contribution is 7.89. The molecule has 0 atom stereocenters. The summed E-state index contributed by atoms with van der Waals surface area (Å²) in [6, 6.07) is 8.10. The lowest BCUT2D eigenvalue weighted by Gasteiger charge is -2.27. The molecule has 2 heterocycles. The number of hydrogen-bond acceptors (Lipinski definition) is 5. The molecule has 1 aromatic carbocycles. The van der Waals surface area contributed by atoms with Crippen LogP contribution in [0.3, 0.4) is 0 Å². The number of rotatable bonds is 5. The molecule has 0 spiro atoms. The van der Waals surface area contributed by atoms with Gasteiger partial charge in [0.25, 0.3) is 5.91 Å². The minimum absolute atomic E-state index is 0.0579. The van der Waals surface area contributed by atoms with Gasteiger partial charge in [-0.1, -0.05) is 41.4 Å². The number of carbonyl (C=O) groups excluding carboxylic acids is 1. The Morgan fingerprint density at radius 2 is 1.92 bits per heavy atom. The van der Waals surface area contributed by atoms with Crippen LogP contribution in [0.25, 0.3) is 0 Å². The molecule has 0 saturated carbocycles. The van der Waals surface area contributed by atoms with Gasteiger partial charge in [-0.05, 0) is 17.7 Å². The summed E-state index contributed by atoms with van der Waals surface area (Å²) < 4.78 is 33.1. The fourth-order valence-corrected chi connectivity index (χ4v) is 5.68. The third-order valence-electron chi connectivity index (χ3n) is 3.90. The second-order valence-corrected chi connectivity index (χ2v) is 9.74. The highest BCUT2D eigenvalue weighted by atomic mass is 35.5. The number of ether oxygens (including phenoxy) is 1. The topological polar surface area (TPSA) is 75.7 Å². The van der Waals surface area contributed by atoms with Gasteiger partial charge < -0.3 is 10.1 Å². The lowest BCUT2D eigenvalue weighted by molar-refractivity contribution is 0.0730. The molecule has 1 amide bonds. The number of halogens is 2. The lowest BCUT2D eigenvalue weighted by Crippen LogP contribution is -2.41. The molecule has 0 bridgehead atoms. The molecular formula is C16H16Cl2N2O4S2. The van der Waals surface area contributed by atoms with Gasteiger partial charge in [0.15, 0.2) is 0 Å². The van der Waals surface area contributed by atoms with Crippen LogP contribution in [-0.4, -0.2) is 44.9 Å². The van der Waals surface area contributed by atoms with Gasteiger partial charge in [0.05, 0.1) is 28.0 Å². The first-order chi connectivity index (χ1) is 12.4. The summed E-state index contributed by atoms with van der Waals surface area (Å²) in [5.41, 5.74) is 0.778. The van der Waals surface area contributed by atoms with E-state index in [2.05, 4.69) is 5.32 Å². The zero-order chi connectivity index (χ0) is 18.7. The SMILES string of the molecule is O=C(NCc1ccccc1S(=O)(=O)N1CCOCC1)c1cc(Cl)sc1Cl. The molecule has 1 saturated heterocycles. The average molecular weight is 435 g/mol. The van der Waals surface area contributed by atoms with Gasteiger partial charge in [-0.3, -0.25) is 4.79 Å². The largest absolute Gasteiger partial charge is 0.379 e. The highest BCUT2D eigenvalue weighted by Crippen LogP contribution is 2.31. The molecule has 1 fully saturated rings. The summed E-state index contributed by atoms with van der Waals surface area (Å²) in [7, 11) is -3.65. The van der Waals surface area contributed by atoms with Crippen molar-refractivity contribution in [2.24, 2.45) is 0 Å². The summed E-state index contributed by atoms with van der Waals surface area (Å²) in [4.78, 5) is 12.5. The smallest absolute Gasteiger partial charge is 0.253 e. The van der Waals surface area contributed by atoms with E-state index in [4.69, 9.17) is 27.9 Å². The average Bonchev–Trinajstić information content (AvgIpc) is 2.99. The first-order valence-corrected chi connectivity index (χ1v) is 10.8. The minimum atomic E-state index is -3.65. The monoisotopic (exact) mass is 434 g/mol. The first-order valence-electron chi connectivity index (χ1n) is 7.78. The third kappa shape index (κ3) is 4.21. The molecule has 140 valence electrons. The van der Waals surface area contributed by atoms with Crippen LogP contribution in [0.5, 0.6) is 0 Å². The van der Waals surface area contributed by atoms with Crippen molar-refractivity contribution >= 4 is 50.5 Å². The van der Waals surface area contributed by atoms with Crippen LogP contribution < -0.4 is 5.32 Å². The minimum Gasteiger partial charge on any atom is -0.379 e. The van der Waals surface area contributed by atoms with Gasteiger partial charge >= 0.3 is 0 Å². The van der Waals surface area contributed by atoms with E-state index in [1.807, 2.05) is 0 Å². The van der Waals surface area contributed by atoms with Crippen LogP contribution in [0.4, 0.5) is 0 Å². The zero-order valence-electron chi connectivity index (χ0n) is 13.6. The van der Waals surface area contributed by atoms with Gasteiger partial charge in [0.1, 0.15) is 4.34 Å². The lowest BCUT2D eigenvalue weighted by atomic mass is 10.2. The third-order valence-corrected chi connectivity index (χ3v) is 7.39. The van der Waals surface area contributed by atoms with E-state index < -0.39 is 15.9 Å². The molecule has 1 N–H and O–H groups in total. The van der Waals surface area contributed by atoms with Crippen molar-refractivity contribution in [1.82, 2.24) is 9.62 Å². The summed E-state index contributed by atoms with van der Waals surface area (Å²) >= 11 is 12.9. The molecule has 0 unspecified atom stereocenters.